The first-order chi connectivity index (χ1) is 13.1. The molecule has 27 heavy (non-hydrogen) atoms. The topological polar surface area (TPSA) is 53.9 Å². The molecule has 5 heteroatoms. The number of fused-ring (bicyclic) bond motifs is 1. The highest BCUT2D eigenvalue weighted by atomic mass is 16.2. The third kappa shape index (κ3) is 3.64. The van der Waals surface area contributed by atoms with Gasteiger partial charge in [0, 0.05) is 48.1 Å². The highest BCUT2D eigenvalue weighted by molar-refractivity contribution is 5.90. The molecule has 3 aromatic rings. The third-order valence-electron chi connectivity index (χ3n) is 5.93. The Hall–Kier alpha value is -2.56. The number of H-pyrrole nitrogens is 1. The van der Waals surface area contributed by atoms with Gasteiger partial charge in [0.1, 0.15) is 5.82 Å². The summed E-state index contributed by atoms with van der Waals surface area (Å²) in [6, 6.07) is 8.59. The van der Waals surface area contributed by atoms with E-state index in [1.54, 1.807) is 0 Å². The summed E-state index contributed by atoms with van der Waals surface area (Å²) >= 11 is 0. The SMILES string of the molecule is Cc1[nH]c2ccccc2c1CC(=O)N1CCCC[C@H]1CCn1ccnc1C. The van der Waals surface area contributed by atoms with Crippen LogP contribution in [0.15, 0.2) is 36.7 Å². The van der Waals surface area contributed by atoms with Crippen molar-refractivity contribution in [2.24, 2.45) is 0 Å². The van der Waals surface area contributed by atoms with Gasteiger partial charge in [-0.1, -0.05) is 18.2 Å². The summed E-state index contributed by atoms with van der Waals surface area (Å²) in [6.07, 6.45) is 8.78. The number of carbonyl (C=O) groups is 1. The number of aromatic amines is 1. The number of carbonyl (C=O) groups excluding carboxylic acids is 1. The largest absolute Gasteiger partial charge is 0.358 e. The number of amides is 1. The van der Waals surface area contributed by atoms with Gasteiger partial charge in [-0.05, 0) is 51.2 Å². The zero-order valence-corrected chi connectivity index (χ0v) is 16.2. The first-order valence-electron chi connectivity index (χ1n) is 9.97. The smallest absolute Gasteiger partial charge is 0.227 e. The second-order valence-electron chi connectivity index (χ2n) is 7.64. The van der Waals surface area contributed by atoms with Crippen LogP contribution in [0.1, 0.15) is 42.8 Å². The van der Waals surface area contributed by atoms with Crippen LogP contribution in [-0.2, 0) is 17.8 Å². The Morgan fingerprint density at radius 1 is 1.26 bits per heavy atom. The third-order valence-corrected chi connectivity index (χ3v) is 5.93. The second-order valence-corrected chi connectivity index (χ2v) is 7.64. The maximum Gasteiger partial charge on any atom is 0.227 e. The van der Waals surface area contributed by atoms with Gasteiger partial charge in [-0.2, -0.15) is 0 Å². The lowest BCUT2D eigenvalue weighted by Gasteiger charge is -2.36. The molecule has 0 aliphatic carbocycles. The Morgan fingerprint density at radius 3 is 2.93 bits per heavy atom. The molecular weight excluding hydrogens is 336 g/mol. The van der Waals surface area contributed by atoms with Crippen LogP contribution >= 0.6 is 0 Å². The average molecular weight is 364 g/mol. The standard InChI is InChI=1S/C22H28N4O/c1-16-20(19-8-3-4-9-21(19)24-16)15-22(27)26-12-6-5-7-18(26)10-13-25-14-11-23-17(25)2/h3-4,8-9,11,14,18,24H,5-7,10,12-13,15H2,1-2H3/t18-/m0/s1. The molecule has 0 saturated carbocycles. The molecule has 0 unspecified atom stereocenters. The molecule has 0 radical (unpaired) electrons. The Bertz CT molecular complexity index is 939. The minimum Gasteiger partial charge on any atom is -0.358 e. The highest BCUT2D eigenvalue weighted by Crippen LogP contribution is 2.26. The van der Waals surface area contributed by atoms with Crippen LogP contribution in [0.3, 0.4) is 0 Å². The quantitative estimate of drug-likeness (QED) is 0.744. The van der Waals surface area contributed by atoms with Crippen LogP contribution in [-0.4, -0.2) is 37.9 Å². The molecule has 0 spiro atoms. The summed E-state index contributed by atoms with van der Waals surface area (Å²) in [5.74, 6) is 1.30. The first kappa shape index (κ1) is 17.8. The number of nitrogens with one attached hydrogen (secondary N) is 1. The Morgan fingerprint density at radius 2 is 2.11 bits per heavy atom. The molecule has 3 heterocycles. The van der Waals surface area contributed by atoms with Crippen molar-refractivity contribution >= 4 is 16.8 Å². The van der Waals surface area contributed by atoms with Gasteiger partial charge < -0.3 is 14.5 Å². The van der Waals surface area contributed by atoms with Gasteiger partial charge in [0.05, 0.1) is 6.42 Å². The lowest BCUT2D eigenvalue weighted by molar-refractivity contribution is -0.134. The lowest BCUT2D eigenvalue weighted by Crippen LogP contribution is -2.45. The number of aryl methyl sites for hydroxylation is 3. The summed E-state index contributed by atoms with van der Waals surface area (Å²) in [5.41, 5.74) is 3.36. The fourth-order valence-corrected chi connectivity index (χ4v) is 4.37. The van der Waals surface area contributed by atoms with Gasteiger partial charge in [0.25, 0.3) is 0 Å². The number of hydrogen-bond donors (Lipinski definition) is 1. The maximum absolute atomic E-state index is 13.2. The van der Waals surface area contributed by atoms with Crippen LogP contribution in [0, 0.1) is 13.8 Å². The van der Waals surface area contributed by atoms with E-state index < -0.39 is 0 Å². The highest BCUT2D eigenvalue weighted by Gasteiger charge is 2.27. The average Bonchev–Trinajstić information content (AvgIpc) is 3.23. The summed E-state index contributed by atoms with van der Waals surface area (Å²) in [6.45, 7) is 5.90. The monoisotopic (exact) mass is 364 g/mol. The van der Waals surface area contributed by atoms with Crippen LogP contribution in [0.4, 0.5) is 0 Å². The summed E-state index contributed by atoms with van der Waals surface area (Å²) in [4.78, 5) is 23.0. The van der Waals surface area contributed by atoms with Gasteiger partial charge in [0.15, 0.2) is 0 Å². The fraction of sp³-hybridized carbons (Fsp3) is 0.455. The van der Waals surface area contributed by atoms with Crippen LogP contribution in [0.2, 0.25) is 0 Å². The van der Waals surface area contributed by atoms with Gasteiger partial charge in [0.2, 0.25) is 5.91 Å². The molecular formula is C22H28N4O. The lowest BCUT2D eigenvalue weighted by atomic mass is 9.97. The van der Waals surface area contributed by atoms with Gasteiger partial charge >= 0.3 is 0 Å². The Balaban J connectivity index is 1.48. The van der Waals surface area contributed by atoms with Crippen molar-refractivity contribution in [3.05, 3.63) is 53.7 Å². The molecule has 1 saturated heterocycles. The number of hydrogen-bond acceptors (Lipinski definition) is 2. The molecule has 1 fully saturated rings. The number of imidazole rings is 1. The van der Waals surface area contributed by atoms with E-state index in [-0.39, 0.29) is 5.91 Å². The van der Waals surface area contributed by atoms with E-state index in [1.165, 1.54) is 11.8 Å². The van der Waals surface area contributed by atoms with E-state index in [4.69, 9.17) is 0 Å². The second kappa shape index (κ2) is 7.59. The van der Waals surface area contributed by atoms with Crippen molar-refractivity contribution in [1.82, 2.24) is 19.4 Å². The number of benzene rings is 1. The van der Waals surface area contributed by atoms with Crippen LogP contribution in [0.25, 0.3) is 10.9 Å². The molecule has 2 aromatic heterocycles. The number of rotatable bonds is 5. The van der Waals surface area contributed by atoms with Crippen LogP contribution < -0.4 is 0 Å². The van der Waals surface area contributed by atoms with Crippen molar-refractivity contribution in [1.29, 1.82) is 0 Å². The van der Waals surface area contributed by atoms with E-state index >= 15 is 0 Å². The van der Waals surface area contributed by atoms with Crippen molar-refractivity contribution in [2.45, 2.75) is 58.5 Å². The molecule has 5 nitrogen and oxygen atoms in total. The molecule has 1 aliphatic rings. The van der Waals surface area contributed by atoms with Crippen molar-refractivity contribution in [3.63, 3.8) is 0 Å². The molecule has 1 N–H and O–H groups in total. The van der Waals surface area contributed by atoms with Crippen LogP contribution in [0.5, 0.6) is 0 Å². The molecule has 4 rings (SSSR count). The Labute approximate surface area is 160 Å². The zero-order chi connectivity index (χ0) is 18.8. The predicted molar refractivity (Wildman–Crippen MR) is 108 cm³/mol. The fourth-order valence-electron chi connectivity index (χ4n) is 4.37. The van der Waals surface area contributed by atoms with Crippen molar-refractivity contribution in [3.8, 4) is 0 Å². The Kier molecular flexibility index (Phi) is 5.01. The molecule has 142 valence electrons. The zero-order valence-electron chi connectivity index (χ0n) is 16.2. The van der Waals surface area contributed by atoms with E-state index in [0.29, 0.717) is 12.5 Å². The minimum absolute atomic E-state index is 0.259. The van der Waals surface area contributed by atoms with E-state index in [2.05, 4.69) is 38.5 Å². The summed E-state index contributed by atoms with van der Waals surface area (Å²) < 4.78 is 2.18. The number of aromatic nitrogens is 3. The normalized spacial score (nSPS) is 17.6. The minimum atomic E-state index is 0.259. The molecule has 1 atom stereocenters. The molecule has 1 aliphatic heterocycles. The number of likely N-dealkylation sites (tertiary alicyclic amines) is 1. The first-order valence-corrected chi connectivity index (χ1v) is 9.97. The summed E-state index contributed by atoms with van der Waals surface area (Å²) in [7, 11) is 0. The van der Waals surface area contributed by atoms with E-state index in [1.807, 2.05) is 31.5 Å². The van der Waals surface area contributed by atoms with Gasteiger partial charge in [-0.3, -0.25) is 4.79 Å². The molecule has 1 aromatic carbocycles. The molecule has 0 bridgehead atoms. The predicted octanol–water partition coefficient (Wildman–Crippen LogP) is 4.00. The van der Waals surface area contributed by atoms with Crippen molar-refractivity contribution < 1.29 is 4.79 Å². The van der Waals surface area contributed by atoms with E-state index in [9.17, 15) is 4.79 Å². The van der Waals surface area contributed by atoms with Gasteiger partial charge in [-0.15, -0.1) is 0 Å². The number of nitrogens with zero attached hydrogens (tertiary/aromatic N) is 3. The summed E-state index contributed by atoms with van der Waals surface area (Å²) in [5, 5.41) is 1.17. The number of piperidine rings is 1. The number of para-hydroxylation sites is 1. The molecule has 1 amide bonds. The van der Waals surface area contributed by atoms with Gasteiger partial charge in [-0.25, -0.2) is 4.98 Å². The maximum atomic E-state index is 13.2. The van der Waals surface area contributed by atoms with E-state index in [0.717, 1.165) is 55.0 Å². The van der Waals surface area contributed by atoms with Crippen molar-refractivity contribution in [2.75, 3.05) is 6.54 Å².